The fourth-order valence-corrected chi connectivity index (χ4v) is 8.52. The molecule has 1 spiro atoms. The van der Waals surface area contributed by atoms with Gasteiger partial charge in [0.1, 0.15) is 5.02 Å². The largest absolute Gasteiger partial charge is 0.478 e. The Balaban J connectivity index is 0.926. The van der Waals surface area contributed by atoms with Crippen LogP contribution in [0.1, 0.15) is 56.6 Å². The van der Waals surface area contributed by atoms with Crippen molar-refractivity contribution in [1.29, 1.82) is 0 Å². The lowest BCUT2D eigenvalue weighted by Gasteiger charge is -2.37. The fraction of sp³-hybridized carbons (Fsp3) is 0.410. The molecule has 0 radical (unpaired) electrons. The number of carbonyl (C=O) groups excluding carboxylic acids is 3. The Hall–Kier alpha value is -5.70. The van der Waals surface area contributed by atoms with Crippen molar-refractivity contribution in [2.75, 3.05) is 42.3 Å². The molecule has 1 aliphatic carbocycles. The summed E-state index contributed by atoms with van der Waals surface area (Å²) in [7, 11) is 5.07. The molecule has 3 fully saturated rings. The summed E-state index contributed by atoms with van der Waals surface area (Å²) in [6, 6.07) is 13.6. The van der Waals surface area contributed by atoms with Crippen molar-refractivity contribution in [3.05, 3.63) is 69.7 Å². The van der Waals surface area contributed by atoms with Gasteiger partial charge in [-0.05, 0) is 74.3 Å². The first-order chi connectivity index (χ1) is 26.5. The minimum Gasteiger partial charge on any atom is -0.478 e. The van der Waals surface area contributed by atoms with Crippen LogP contribution < -0.4 is 36.5 Å². The molecule has 3 amide bonds. The van der Waals surface area contributed by atoms with E-state index in [1.165, 1.54) is 11.6 Å². The molecule has 2 aliphatic heterocycles. The van der Waals surface area contributed by atoms with Crippen LogP contribution in [0.3, 0.4) is 0 Å². The highest BCUT2D eigenvalue weighted by Crippen LogP contribution is 2.46. The molecule has 16 heteroatoms. The smallest absolute Gasteiger partial charge is 0.293 e. The third kappa shape index (κ3) is 7.04. The monoisotopic (exact) mass is 766 g/mol. The standard InChI is InChI=1S/C39H43ClN10O5/c1-41-32(52)20-55-30-18-22-17-24(7-9-29(22)48(2)37(30)54)44-35-27(40)19-42-38(46-35)50-16-15-39(21-50)13-11-23(12-14-39)43-28-6-4-5-25-33(47-49(3)34(25)28)26-8-10-31(51)45-36(26)53/h4-7,9,17-19,23,26,43H,8,10-16,20-21H2,1-3H3,(H,41,52)(H,42,44,46)(H,45,51,53). The summed E-state index contributed by atoms with van der Waals surface area (Å²) < 4.78 is 8.85. The first kappa shape index (κ1) is 36.3. The molecule has 8 rings (SSSR count). The van der Waals surface area contributed by atoms with Crippen LogP contribution in [0.2, 0.25) is 5.02 Å². The fourth-order valence-electron chi connectivity index (χ4n) is 8.39. The topological polar surface area (TPSA) is 177 Å². The molecule has 3 aromatic heterocycles. The van der Waals surface area contributed by atoms with Gasteiger partial charge in [-0.2, -0.15) is 10.1 Å². The van der Waals surface area contributed by atoms with Gasteiger partial charge in [-0.15, -0.1) is 0 Å². The molecule has 2 saturated heterocycles. The third-order valence-electron chi connectivity index (χ3n) is 11.4. The van der Waals surface area contributed by atoms with E-state index in [0.717, 1.165) is 67.2 Å². The number of likely N-dealkylation sites (N-methyl/N-ethyl adjacent to an activating group) is 1. The molecule has 1 unspecified atom stereocenters. The Labute approximate surface area is 321 Å². The number of nitrogens with one attached hydrogen (secondary N) is 4. The van der Waals surface area contributed by atoms with Gasteiger partial charge >= 0.3 is 0 Å². The average Bonchev–Trinajstić information content (AvgIpc) is 3.75. The predicted octanol–water partition coefficient (Wildman–Crippen LogP) is 4.51. The molecular formula is C39H43ClN10O5. The van der Waals surface area contributed by atoms with Gasteiger partial charge in [-0.1, -0.05) is 23.7 Å². The minimum absolute atomic E-state index is 0.0808. The highest BCUT2D eigenvalue weighted by Gasteiger charge is 2.42. The number of hydrogen-bond acceptors (Lipinski definition) is 11. The van der Waals surface area contributed by atoms with E-state index in [2.05, 4.69) is 37.2 Å². The summed E-state index contributed by atoms with van der Waals surface area (Å²) in [4.78, 5) is 60.7. The molecular weight excluding hydrogens is 724 g/mol. The molecule has 4 N–H and O–H groups in total. The van der Waals surface area contributed by atoms with E-state index in [1.807, 2.05) is 42.1 Å². The van der Waals surface area contributed by atoms with Crippen molar-refractivity contribution in [2.45, 2.75) is 56.9 Å². The van der Waals surface area contributed by atoms with E-state index in [-0.39, 0.29) is 41.1 Å². The highest BCUT2D eigenvalue weighted by atomic mass is 35.5. The van der Waals surface area contributed by atoms with Crippen molar-refractivity contribution in [3.8, 4) is 5.75 Å². The lowest BCUT2D eigenvalue weighted by atomic mass is 9.72. The van der Waals surface area contributed by atoms with Crippen LogP contribution in [0.4, 0.5) is 23.1 Å². The van der Waals surface area contributed by atoms with Gasteiger partial charge in [0, 0.05) is 63.2 Å². The number of imide groups is 1. The first-order valence-corrected chi connectivity index (χ1v) is 19.0. The number of anilines is 4. The molecule has 2 aromatic carbocycles. The van der Waals surface area contributed by atoms with Gasteiger partial charge in [0.05, 0.1) is 34.5 Å². The lowest BCUT2D eigenvalue weighted by Crippen LogP contribution is -2.39. The molecule has 3 aliphatic rings. The summed E-state index contributed by atoms with van der Waals surface area (Å²) in [5, 5.41) is 18.9. The zero-order valence-corrected chi connectivity index (χ0v) is 31.7. The highest BCUT2D eigenvalue weighted by molar-refractivity contribution is 6.33. The molecule has 55 heavy (non-hydrogen) atoms. The number of para-hydroxylation sites is 1. The van der Waals surface area contributed by atoms with E-state index in [9.17, 15) is 19.2 Å². The average molecular weight is 767 g/mol. The number of ether oxygens (including phenoxy) is 1. The van der Waals surface area contributed by atoms with Gasteiger partial charge in [0.15, 0.2) is 18.2 Å². The molecule has 1 atom stereocenters. The molecule has 286 valence electrons. The maximum atomic E-state index is 12.8. The SMILES string of the molecule is CNC(=O)COc1cc2cc(Nc3nc(N4CCC5(CCC(Nc6cccc7c(C8CCC(=O)NC8=O)nn(C)c67)CC5)C4)ncc3Cl)ccc2n(C)c1=O. The van der Waals surface area contributed by atoms with Crippen molar-refractivity contribution >= 4 is 74.3 Å². The van der Waals surface area contributed by atoms with Crippen molar-refractivity contribution < 1.29 is 19.1 Å². The summed E-state index contributed by atoms with van der Waals surface area (Å²) in [5.74, 6) is -0.114. The number of carbonyl (C=O) groups is 3. The summed E-state index contributed by atoms with van der Waals surface area (Å²) >= 11 is 6.60. The Kier molecular flexibility index (Phi) is 9.57. The number of aromatic nitrogens is 5. The Bertz CT molecular complexity index is 2400. The second kappa shape index (κ2) is 14.5. The number of hydrogen-bond donors (Lipinski definition) is 4. The number of rotatable bonds is 9. The summed E-state index contributed by atoms with van der Waals surface area (Å²) in [6.07, 6.45) is 7.61. The van der Waals surface area contributed by atoms with Gasteiger partial charge < -0.3 is 30.2 Å². The van der Waals surface area contributed by atoms with Crippen molar-refractivity contribution in [3.63, 3.8) is 0 Å². The van der Waals surface area contributed by atoms with Gasteiger partial charge in [-0.25, -0.2) is 4.98 Å². The number of aryl methyl sites for hydroxylation is 2. The van der Waals surface area contributed by atoms with E-state index in [1.54, 1.807) is 19.3 Å². The maximum Gasteiger partial charge on any atom is 0.293 e. The number of fused-ring (bicyclic) bond motifs is 2. The molecule has 15 nitrogen and oxygen atoms in total. The first-order valence-electron chi connectivity index (χ1n) is 18.6. The van der Waals surface area contributed by atoms with Gasteiger partial charge in [0.2, 0.25) is 17.8 Å². The second-order valence-corrected chi connectivity index (χ2v) is 15.3. The van der Waals surface area contributed by atoms with E-state index >= 15 is 0 Å². The summed E-state index contributed by atoms with van der Waals surface area (Å²) in [5.41, 5.74) is 3.93. The number of nitrogens with zero attached hydrogens (tertiary/aromatic N) is 6. The molecule has 5 aromatic rings. The second-order valence-electron chi connectivity index (χ2n) is 14.9. The van der Waals surface area contributed by atoms with Crippen molar-refractivity contribution in [2.24, 2.45) is 19.5 Å². The quantitative estimate of drug-likeness (QED) is 0.155. The van der Waals surface area contributed by atoms with Gasteiger partial charge in [0.25, 0.3) is 11.5 Å². The van der Waals surface area contributed by atoms with Crippen LogP contribution >= 0.6 is 11.6 Å². The van der Waals surface area contributed by atoms with E-state index in [4.69, 9.17) is 26.4 Å². The number of amides is 3. The van der Waals surface area contributed by atoms with Crippen LogP contribution in [-0.4, -0.2) is 74.8 Å². The zero-order chi connectivity index (χ0) is 38.4. The Morgan fingerprint density at radius 3 is 2.67 bits per heavy atom. The van der Waals surface area contributed by atoms with Crippen molar-refractivity contribution in [1.82, 2.24) is 34.9 Å². The van der Waals surface area contributed by atoms with E-state index in [0.29, 0.717) is 52.6 Å². The Morgan fingerprint density at radius 1 is 1.07 bits per heavy atom. The van der Waals surface area contributed by atoms with Crippen LogP contribution in [0, 0.1) is 5.41 Å². The number of piperidine rings is 1. The zero-order valence-electron chi connectivity index (χ0n) is 30.9. The summed E-state index contributed by atoms with van der Waals surface area (Å²) in [6.45, 7) is 1.44. The number of benzene rings is 2. The van der Waals surface area contributed by atoms with E-state index < -0.39 is 5.92 Å². The van der Waals surface area contributed by atoms with Crippen LogP contribution in [-0.2, 0) is 28.5 Å². The third-order valence-corrected chi connectivity index (χ3v) is 11.7. The van der Waals surface area contributed by atoms with Crippen LogP contribution in [0.5, 0.6) is 5.75 Å². The normalized spacial score (nSPS) is 21.3. The minimum atomic E-state index is -0.443. The molecule has 5 heterocycles. The lowest BCUT2D eigenvalue weighted by molar-refractivity contribution is -0.134. The Morgan fingerprint density at radius 2 is 1.89 bits per heavy atom. The number of pyridine rings is 1. The molecule has 0 bridgehead atoms. The maximum absolute atomic E-state index is 12.8. The molecule has 1 saturated carbocycles. The van der Waals surface area contributed by atoms with Crippen LogP contribution in [0.25, 0.3) is 21.8 Å². The number of halogens is 1. The van der Waals surface area contributed by atoms with Crippen LogP contribution in [0.15, 0.2) is 53.5 Å². The van der Waals surface area contributed by atoms with Gasteiger partial charge in [-0.3, -0.25) is 29.2 Å². The predicted molar refractivity (Wildman–Crippen MR) is 210 cm³/mol.